The Kier molecular flexibility index (Phi) is 4.87. The summed E-state index contributed by atoms with van der Waals surface area (Å²) in [6.07, 6.45) is 5.71. The van der Waals surface area contributed by atoms with Crippen LogP contribution in [0.2, 0.25) is 0 Å². The van der Waals surface area contributed by atoms with E-state index in [1.165, 1.54) is 6.33 Å². The van der Waals surface area contributed by atoms with Crippen molar-refractivity contribution in [3.63, 3.8) is 0 Å². The van der Waals surface area contributed by atoms with Gasteiger partial charge >= 0.3 is 0 Å². The Morgan fingerprint density at radius 1 is 1.15 bits per heavy atom. The van der Waals surface area contributed by atoms with Crippen LogP contribution in [-0.4, -0.2) is 47.0 Å². The number of hydrogen-bond donors (Lipinski definition) is 1. The molecule has 27 heavy (non-hydrogen) atoms. The molecule has 2 aromatic heterocycles. The number of aryl methyl sites for hydroxylation is 1. The third-order valence-electron chi connectivity index (χ3n) is 5.07. The summed E-state index contributed by atoms with van der Waals surface area (Å²) in [7, 11) is 0. The number of carbonyl (C=O) groups is 1. The summed E-state index contributed by atoms with van der Waals surface area (Å²) >= 11 is 0. The molecule has 8 heteroatoms. The van der Waals surface area contributed by atoms with Crippen LogP contribution < -0.4 is 15.1 Å². The zero-order chi connectivity index (χ0) is 18.8. The van der Waals surface area contributed by atoms with Crippen LogP contribution >= 0.6 is 0 Å². The summed E-state index contributed by atoms with van der Waals surface area (Å²) in [6.45, 7) is 4.74. The number of anilines is 3. The molecule has 4 rings (SSSR count). The van der Waals surface area contributed by atoms with E-state index in [0.29, 0.717) is 36.8 Å². The Morgan fingerprint density at radius 3 is 2.52 bits per heavy atom. The Balaban J connectivity index is 1.37. The fourth-order valence-corrected chi connectivity index (χ4v) is 3.26. The maximum atomic E-state index is 14.5. The van der Waals surface area contributed by atoms with Crippen molar-refractivity contribution in [2.24, 2.45) is 5.92 Å². The maximum absolute atomic E-state index is 14.5. The van der Waals surface area contributed by atoms with E-state index in [4.69, 9.17) is 0 Å². The predicted molar refractivity (Wildman–Crippen MR) is 101 cm³/mol. The molecule has 2 fully saturated rings. The van der Waals surface area contributed by atoms with Gasteiger partial charge in [0.15, 0.2) is 11.6 Å². The van der Waals surface area contributed by atoms with Gasteiger partial charge in [-0.15, -0.1) is 0 Å². The first-order valence-corrected chi connectivity index (χ1v) is 9.42. The Morgan fingerprint density at radius 2 is 1.89 bits per heavy atom. The molecular weight excluding hydrogens is 347 g/mol. The van der Waals surface area contributed by atoms with E-state index in [2.05, 4.69) is 25.2 Å². The van der Waals surface area contributed by atoms with Crippen LogP contribution in [0.1, 0.15) is 25.5 Å². The number of piperazine rings is 1. The quantitative estimate of drug-likeness (QED) is 0.870. The van der Waals surface area contributed by atoms with Gasteiger partial charge in [0.1, 0.15) is 12.1 Å². The molecule has 0 spiro atoms. The van der Waals surface area contributed by atoms with Crippen molar-refractivity contribution < 1.29 is 9.18 Å². The lowest BCUT2D eigenvalue weighted by Crippen LogP contribution is -2.47. The first-order valence-electron chi connectivity index (χ1n) is 9.42. The molecule has 3 heterocycles. The second-order valence-electron chi connectivity index (χ2n) is 6.95. The predicted octanol–water partition coefficient (Wildman–Crippen LogP) is 2.25. The molecule has 0 bridgehead atoms. The molecule has 7 nitrogen and oxygen atoms in total. The summed E-state index contributed by atoms with van der Waals surface area (Å²) < 4.78 is 14.5. The lowest BCUT2D eigenvalue weighted by molar-refractivity contribution is -0.117. The van der Waals surface area contributed by atoms with Crippen molar-refractivity contribution in [2.45, 2.75) is 26.2 Å². The molecule has 1 aliphatic heterocycles. The molecular formula is C19H23FN6O. The number of pyridine rings is 1. The van der Waals surface area contributed by atoms with Crippen molar-refractivity contribution in [1.82, 2.24) is 15.0 Å². The van der Waals surface area contributed by atoms with Crippen LogP contribution in [0.5, 0.6) is 0 Å². The Bertz CT molecular complexity index is 815. The minimum Gasteiger partial charge on any atom is -0.367 e. The minimum absolute atomic E-state index is 0.0576. The molecule has 1 amide bonds. The summed E-state index contributed by atoms with van der Waals surface area (Å²) in [5, 5.41) is 2.85. The van der Waals surface area contributed by atoms with E-state index in [-0.39, 0.29) is 17.6 Å². The van der Waals surface area contributed by atoms with Crippen molar-refractivity contribution in [2.75, 3.05) is 41.3 Å². The zero-order valence-electron chi connectivity index (χ0n) is 15.4. The lowest BCUT2D eigenvalue weighted by atomic mass is 10.2. The van der Waals surface area contributed by atoms with Crippen LogP contribution in [0.15, 0.2) is 24.7 Å². The maximum Gasteiger partial charge on any atom is 0.228 e. The number of amides is 1. The van der Waals surface area contributed by atoms with Gasteiger partial charge in [0.2, 0.25) is 5.91 Å². The van der Waals surface area contributed by atoms with E-state index in [1.807, 2.05) is 24.0 Å². The molecule has 1 saturated heterocycles. The van der Waals surface area contributed by atoms with Gasteiger partial charge < -0.3 is 15.1 Å². The molecule has 1 aliphatic carbocycles. The highest BCUT2D eigenvalue weighted by Gasteiger charge is 2.29. The highest BCUT2D eigenvalue weighted by Crippen LogP contribution is 2.30. The molecule has 142 valence electrons. The van der Waals surface area contributed by atoms with E-state index < -0.39 is 0 Å². The van der Waals surface area contributed by atoms with Gasteiger partial charge in [-0.3, -0.25) is 4.79 Å². The lowest BCUT2D eigenvalue weighted by Gasteiger charge is -2.36. The molecule has 2 aliphatic rings. The molecule has 2 aromatic rings. The van der Waals surface area contributed by atoms with Gasteiger partial charge in [0.25, 0.3) is 0 Å². The fourth-order valence-electron chi connectivity index (χ4n) is 3.26. The highest BCUT2D eigenvalue weighted by molar-refractivity contribution is 5.93. The van der Waals surface area contributed by atoms with Crippen LogP contribution in [0, 0.1) is 11.7 Å². The third-order valence-corrected chi connectivity index (χ3v) is 5.07. The smallest absolute Gasteiger partial charge is 0.228 e. The van der Waals surface area contributed by atoms with Gasteiger partial charge in [0.05, 0.1) is 17.6 Å². The second-order valence-corrected chi connectivity index (χ2v) is 6.95. The summed E-state index contributed by atoms with van der Waals surface area (Å²) in [5.41, 5.74) is 1.45. The number of nitrogens with zero attached hydrogens (tertiary/aromatic N) is 5. The van der Waals surface area contributed by atoms with Crippen molar-refractivity contribution in [1.29, 1.82) is 0 Å². The summed E-state index contributed by atoms with van der Waals surface area (Å²) in [5.74, 6) is 0.880. The van der Waals surface area contributed by atoms with Crippen molar-refractivity contribution in [3.8, 4) is 0 Å². The number of hydrogen-bond acceptors (Lipinski definition) is 6. The fraction of sp³-hybridized carbons (Fsp3) is 0.474. The molecule has 1 saturated carbocycles. The second kappa shape index (κ2) is 7.46. The topological polar surface area (TPSA) is 74.2 Å². The van der Waals surface area contributed by atoms with E-state index in [9.17, 15) is 9.18 Å². The van der Waals surface area contributed by atoms with E-state index in [1.54, 1.807) is 6.20 Å². The standard InChI is InChI=1S/C19H23FN6O/c1-2-15-17(20)18(23-12-22-15)26-9-7-25(8-10-26)14-5-6-16(21-11-14)24-19(27)13-3-4-13/h5-6,11-13H,2-4,7-10H2,1H3,(H,21,24,27). The summed E-state index contributed by atoms with van der Waals surface area (Å²) in [4.78, 5) is 28.4. The molecule has 0 radical (unpaired) electrons. The average molecular weight is 370 g/mol. The number of nitrogens with one attached hydrogen (secondary N) is 1. The van der Waals surface area contributed by atoms with Gasteiger partial charge in [-0.2, -0.15) is 0 Å². The van der Waals surface area contributed by atoms with Gasteiger partial charge in [-0.25, -0.2) is 19.3 Å². The minimum atomic E-state index is -0.314. The monoisotopic (exact) mass is 370 g/mol. The van der Waals surface area contributed by atoms with Gasteiger partial charge in [-0.05, 0) is 31.4 Å². The molecule has 0 atom stereocenters. The largest absolute Gasteiger partial charge is 0.367 e. The number of halogens is 1. The summed E-state index contributed by atoms with van der Waals surface area (Å²) in [6, 6.07) is 3.80. The molecule has 0 unspecified atom stereocenters. The first-order chi connectivity index (χ1) is 13.2. The number of aromatic nitrogens is 3. The highest BCUT2D eigenvalue weighted by atomic mass is 19.1. The van der Waals surface area contributed by atoms with Crippen LogP contribution in [-0.2, 0) is 11.2 Å². The zero-order valence-corrected chi connectivity index (χ0v) is 15.4. The van der Waals surface area contributed by atoms with Crippen molar-refractivity contribution >= 4 is 23.2 Å². The SMILES string of the molecule is CCc1ncnc(N2CCN(c3ccc(NC(=O)C4CC4)nc3)CC2)c1F. The van der Waals surface area contributed by atoms with Gasteiger partial charge in [-0.1, -0.05) is 6.92 Å². The molecule has 0 aromatic carbocycles. The van der Waals surface area contributed by atoms with E-state index >= 15 is 0 Å². The van der Waals surface area contributed by atoms with Gasteiger partial charge in [0, 0.05) is 32.1 Å². The van der Waals surface area contributed by atoms with Crippen LogP contribution in [0.3, 0.4) is 0 Å². The molecule has 1 N–H and O–H groups in total. The number of carbonyl (C=O) groups excluding carboxylic acids is 1. The average Bonchev–Trinajstić information content (AvgIpc) is 3.54. The normalized spacial score (nSPS) is 17.1. The first kappa shape index (κ1) is 17.6. The van der Waals surface area contributed by atoms with Crippen LogP contribution in [0.25, 0.3) is 0 Å². The van der Waals surface area contributed by atoms with Crippen molar-refractivity contribution in [3.05, 3.63) is 36.2 Å². The van der Waals surface area contributed by atoms with Crippen LogP contribution in [0.4, 0.5) is 21.7 Å². The van der Waals surface area contributed by atoms with E-state index in [0.717, 1.165) is 31.6 Å². The third kappa shape index (κ3) is 3.84. The Hall–Kier alpha value is -2.77. The Labute approximate surface area is 157 Å². The number of rotatable bonds is 5.